The van der Waals surface area contributed by atoms with Crippen LogP contribution in [0.5, 0.6) is 0 Å². The van der Waals surface area contributed by atoms with E-state index >= 15 is 0 Å². The SMILES string of the molecule is Fc1ccc(N(c2ccc(-c3ccc(N(c4ccc(F)cc4)c4ccc5c(c4)c4ccccc4n5-c4ccccc4)cc3)cc2)c2ccc3c(c2)c2ccccc2n3-c2ccccc2)cc1. The van der Waals surface area contributed by atoms with Gasteiger partial charge in [0.15, 0.2) is 0 Å². The van der Waals surface area contributed by atoms with Crippen LogP contribution in [0.3, 0.4) is 0 Å². The largest absolute Gasteiger partial charge is 0.310 e. The Labute approximate surface area is 380 Å². The van der Waals surface area contributed by atoms with Crippen LogP contribution in [0.1, 0.15) is 0 Å². The van der Waals surface area contributed by atoms with Gasteiger partial charge in [-0.3, -0.25) is 0 Å². The molecule has 0 amide bonds. The third-order valence-corrected chi connectivity index (χ3v) is 12.6. The molecule has 6 heteroatoms. The summed E-state index contributed by atoms with van der Waals surface area (Å²) < 4.78 is 33.3. The number of halogens is 2. The van der Waals surface area contributed by atoms with Crippen molar-refractivity contribution in [1.82, 2.24) is 9.13 Å². The summed E-state index contributed by atoms with van der Waals surface area (Å²) in [5, 5.41) is 4.57. The minimum Gasteiger partial charge on any atom is -0.310 e. The van der Waals surface area contributed by atoms with Crippen LogP contribution in [-0.2, 0) is 0 Å². The van der Waals surface area contributed by atoms with E-state index in [2.05, 4.69) is 201 Å². The van der Waals surface area contributed by atoms with E-state index in [-0.39, 0.29) is 11.6 Å². The van der Waals surface area contributed by atoms with Gasteiger partial charge in [-0.05, 0) is 157 Å². The highest BCUT2D eigenvalue weighted by Gasteiger charge is 2.20. The Kier molecular flexibility index (Phi) is 9.50. The van der Waals surface area contributed by atoms with Crippen molar-refractivity contribution in [3.05, 3.63) is 254 Å². The zero-order chi connectivity index (χ0) is 44.1. The standard InChI is InChI=1S/C60H40F2N4/c61-43-23-31-49(32-24-43)63(51-35-37-59-55(39-51)53-15-7-9-17-57(53)65(59)45-11-3-1-4-12-45)47-27-19-41(20-28-47)42-21-29-48(30-22-42)64(50-33-25-44(62)26-34-50)52-36-38-60-56(40-52)54-16-8-10-18-58(54)66(60)46-13-5-2-6-14-46/h1-40H. The Balaban J connectivity index is 0.910. The molecule has 12 aromatic rings. The van der Waals surface area contributed by atoms with Gasteiger partial charge in [0, 0.05) is 67.0 Å². The molecule has 0 N–H and O–H groups in total. The Morgan fingerprint density at radius 3 is 0.939 bits per heavy atom. The van der Waals surface area contributed by atoms with Crippen molar-refractivity contribution >= 4 is 77.7 Å². The lowest BCUT2D eigenvalue weighted by molar-refractivity contribution is 0.627. The zero-order valence-electron chi connectivity index (χ0n) is 35.6. The van der Waals surface area contributed by atoms with Crippen molar-refractivity contribution < 1.29 is 8.78 Å². The van der Waals surface area contributed by atoms with Crippen molar-refractivity contribution in [3.63, 3.8) is 0 Å². The number of hydrogen-bond acceptors (Lipinski definition) is 2. The average molecular weight is 855 g/mol. The first-order chi connectivity index (χ1) is 32.6. The minimum absolute atomic E-state index is 0.284. The number of para-hydroxylation sites is 4. The van der Waals surface area contributed by atoms with Crippen LogP contribution in [0, 0.1) is 11.6 Å². The second kappa shape index (κ2) is 16.1. The lowest BCUT2D eigenvalue weighted by Gasteiger charge is -2.26. The van der Waals surface area contributed by atoms with E-state index in [0.717, 1.165) is 100 Å². The molecule has 0 unspecified atom stereocenters. The molecule has 0 saturated heterocycles. The van der Waals surface area contributed by atoms with Gasteiger partial charge in [0.1, 0.15) is 11.6 Å². The molecule has 4 nitrogen and oxygen atoms in total. The van der Waals surface area contributed by atoms with E-state index in [0.29, 0.717) is 0 Å². The first-order valence-corrected chi connectivity index (χ1v) is 22.0. The Bertz CT molecular complexity index is 3440. The maximum atomic E-state index is 14.4. The molecule has 0 atom stereocenters. The predicted molar refractivity (Wildman–Crippen MR) is 270 cm³/mol. The van der Waals surface area contributed by atoms with Crippen LogP contribution < -0.4 is 9.80 Å². The van der Waals surface area contributed by atoms with Gasteiger partial charge in [-0.2, -0.15) is 0 Å². The maximum absolute atomic E-state index is 14.4. The Morgan fingerprint density at radius 2 is 0.561 bits per heavy atom. The smallest absolute Gasteiger partial charge is 0.123 e. The number of nitrogens with zero attached hydrogens (tertiary/aromatic N) is 4. The van der Waals surface area contributed by atoms with Gasteiger partial charge in [0.2, 0.25) is 0 Å². The molecule has 0 aliphatic carbocycles. The lowest BCUT2D eigenvalue weighted by atomic mass is 10.0. The second-order valence-electron chi connectivity index (χ2n) is 16.5. The molecule has 0 aliphatic heterocycles. The highest BCUT2D eigenvalue weighted by Crippen LogP contribution is 2.43. The predicted octanol–water partition coefficient (Wildman–Crippen LogP) is 16.8. The lowest BCUT2D eigenvalue weighted by Crippen LogP contribution is -2.10. The van der Waals surface area contributed by atoms with Crippen LogP contribution in [0.4, 0.5) is 42.9 Å². The number of anilines is 6. The van der Waals surface area contributed by atoms with Crippen LogP contribution in [0.15, 0.2) is 243 Å². The van der Waals surface area contributed by atoms with Gasteiger partial charge in [-0.15, -0.1) is 0 Å². The van der Waals surface area contributed by atoms with E-state index < -0.39 is 0 Å². The fourth-order valence-corrected chi connectivity index (χ4v) is 9.59. The fourth-order valence-electron chi connectivity index (χ4n) is 9.59. The van der Waals surface area contributed by atoms with Gasteiger partial charge in [0.25, 0.3) is 0 Å². The Hall–Kier alpha value is -8.74. The molecule has 0 aliphatic rings. The van der Waals surface area contributed by atoms with Crippen LogP contribution in [-0.4, -0.2) is 9.13 Å². The Morgan fingerprint density at radius 1 is 0.258 bits per heavy atom. The van der Waals surface area contributed by atoms with Crippen molar-refractivity contribution in [1.29, 1.82) is 0 Å². The summed E-state index contributed by atoms with van der Waals surface area (Å²) in [5.74, 6) is -0.568. The molecule has 12 rings (SSSR count). The number of fused-ring (bicyclic) bond motifs is 6. The van der Waals surface area contributed by atoms with Gasteiger partial charge in [0.05, 0.1) is 22.1 Å². The van der Waals surface area contributed by atoms with Crippen molar-refractivity contribution in [2.75, 3.05) is 9.80 Å². The number of hydrogen-bond donors (Lipinski definition) is 0. The molecular weight excluding hydrogens is 815 g/mol. The maximum Gasteiger partial charge on any atom is 0.123 e. The van der Waals surface area contributed by atoms with E-state index in [1.165, 1.54) is 24.3 Å². The summed E-state index contributed by atoms with van der Waals surface area (Å²) >= 11 is 0. The normalized spacial score (nSPS) is 11.5. The molecule has 66 heavy (non-hydrogen) atoms. The van der Waals surface area contributed by atoms with E-state index in [9.17, 15) is 8.78 Å². The highest BCUT2D eigenvalue weighted by atomic mass is 19.1. The topological polar surface area (TPSA) is 16.3 Å². The van der Waals surface area contributed by atoms with Crippen molar-refractivity contribution in [2.24, 2.45) is 0 Å². The fraction of sp³-hybridized carbons (Fsp3) is 0. The summed E-state index contributed by atoms with van der Waals surface area (Å²) in [4.78, 5) is 4.35. The quantitative estimate of drug-likeness (QED) is 0.144. The molecule has 0 spiro atoms. The molecule has 0 fully saturated rings. The molecular formula is C60H40F2N4. The summed E-state index contributed by atoms with van der Waals surface area (Å²) in [6.45, 7) is 0. The molecule has 2 heterocycles. The summed E-state index contributed by atoms with van der Waals surface area (Å²) in [5.41, 5.74) is 14.3. The third kappa shape index (κ3) is 6.75. The molecule has 2 aromatic heterocycles. The van der Waals surface area contributed by atoms with Crippen LogP contribution in [0.25, 0.3) is 66.1 Å². The number of benzene rings is 10. The third-order valence-electron chi connectivity index (χ3n) is 12.6. The summed E-state index contributed by atoms with van der Waals surface area (Å²) in [6.07, 6.45) is 0. The van der Waals surface area contributed by atoms with E-state index in [1.54, 1.807) is 0 Å². The summed E-state index contributed by atoms with van der Waals surface area (Å²) in [6, 6.07) is 81.3. The van der Waals surface area contributed by atoms with Gasteiger partial charge >= 0.3 is 0 Å². The second-order valence-corrected chi connectivity index (χ2v) is 16.5. The molecule has 10 aromatic carbocycles. The molecule has 0 radical (unpaired) electrons. The molecule has 0 saturated carbocycles. The average Bonchev–Trinajstić information content (AvgIpc) is 3.89. The van der Waals surface area contributed by atoms with Crippen molar-refractivity contribution in [2.45, 2.75) is 0 Å². The van der Waals surface area contributed by atoms with Crippen LogP contribution in [0.2, 0.25) is 0 Å². The number of rotatable bonds is 9. The summed E-state index contributed by atoms with van der Waals surface area (Å²) in [7, 11) is 0. The van der Waals surface area contributed by atoms with Crippen molar-refractivity contribution in [3.8, 4) is 22.5 Å². The van der Waals surface area contributed by atoms with Gasteiger partial charge < -0.3 is 18.9 Å². The first-order valence-electron chi connectivity index (χ1n) is 22.0. The monoisotopic (exact) mass is 854 g/mol. The van der Waals surface area contributed by atoms with E-state index in [1.807, 2.05) is 36.4 Å². The van der Waals surface area contributed by atoms with Gasteiger partial charge in [-0.1, -0.05) is 97.1 Å². The molecule has 314 valence electrons. The van der Waals surface area contributed by atoms with Gasteiger partial charge in [-0.25, -0.2) is 8.78 Å². The van der Waals surface area contributed by atoms with E-state index in [4.69, 9.17) is 0 Å². The number of aromatic nitrogens is 2. The first kappa shape index (κ1) is 38.9. The van der Waals surface area contributed by atoms with Crippen LogP contribution >= 0.6 is 0 Å². The minimum atomic E-state index is -0.284. The highest BCUT2D eigenvalue weighted by molar-refractivity contribution is 6.12. The molecule has 0 bridgehead atoms. The zero-order valence-corrected chi connectivity index (χ0v) is 35.6.